The van der Waals surface area contributed by atoms with Crippen molar-refractivity contribution in [1.82, 2.24) is 14.5 Å². The molecule has 2 saturated carbocycles. The van der Waals surface area contributed by atoms with Gasteiger partial charge in [-0.05, 0) is 122 Å². The summed E-state index contributed by atoms with van der Waals surface area (Å²) in [6.45, 7) is 3.41. The zero-order valence-corrected chi connectivity index (χ0v) is 25.6. The molecule has 3 fully saturated rings. The van der Waals surface area contributed by atoms with Gasteiger partial charge in [0.2, 0.25) is 0 Å². The second kappa shape index (κ2) is 11.0. The zero-order valence-electron chi connectivity index (χ0n) is 24.0. The number of ether oxygens (including phenoxy) is 1. The van der Waals surface area contributed by atoms with Gasteiger partial charge in [-0.1, -0.05) is 37.5 Å². The SMILES string of the molecule is COC(=O)C1CCC(CN2CCC(c3ccc4c(c3)-n3c(nc(=O)c5c(Br)cccc53)C43CCCCC3)CC2)CC1. The number of aromatic nitrogens is 2. The number of piperidine rings is 1. The predicted octanol–water partition coefficient (Wildman–Crippen LogP) is 6.87. The lowest BCUT2D eigenvalue weighted by Crippen LogP contribution is -2.38. The number of hydrogen-bond donors (Lipinski definition) is 0. The van der Waals surface area contributed by atoms with Gasteiger partial charge >= 0.3 is 5.97 Å². The molecular weight excluding hydrogens is 578 g/mol. The minimum atomic E-state index is -0.155. The lowest BCUT2D eigenvalue weighted by atomic mass is 9.69. The smallest absolute Gasteiger partial charge is 0.308 e. The number of carbonyl (C=O) groups excluding carboxylic acids is 1. The van der Waals surface area contributed by atoms with Crippen LogP contribution in [-0.2, 0) is 14.9 Å². The van der Waals surface area contributed by atoms with Crippen LogP contribution in [0.15, 0.2) is 45.7 Å². The van der Waals surface area contributed by atoms with E-state index in [0.717, 1.165) is 74.0 Å². The third-order valence-electron chi connectivity index (χ3n) is 10.7. The Morgan fingerprint density at radius 1 is 1.02 bits per heavy atom. The molecule has 4 aliphatic rings. The Labute approximate surface area is 250 Å². The average molecular weight is 619 g/mol. The van der Waals surface area contributed by atoms with Crippen LogP contribution in [0.4, 0.5) is 0 Å². The molecule has 0 radical (unpaired) electrons. The van der Waals surface area contributed by atoms with Crippen molar-refractivity contribution < 1.29 is 9.53 Å². The summed E-state index contributed by atoms with van der Waals surface area (Å²) in [7, 11) is 1.51. The van der Waals surface area contributed by atoms with Crippen LogP contribution in [0, 0.1) is 11.8 Å². The van der Waals surface area contributed by atoms with Crippen molar-refractivity contribution in [1.29, 1.82) is 0 Å². The fourth-order valence-electron chi connectivity index (χ4n) is 8.51. The van der Waals surface area contributed by atoms with Crippen molar-refractivity contribution in [2.75, 3.05) is 26.7 Å². The molecule has 0 atom stereocenters. The highest BCUT2D eigenvalue weighted by Crippen LogP contribution is 2.52. The molecule has 0 amide bonds. The Kier molecular flexibility index (Phi) is 7.31. The van der Waals surface area contributed by atoms with Gasteiger partial charge in [0, 0.05) is 11.0 Å². The largest absolute Gasteiger partial charge is 0.469 e. The van der Waals surface area contributed by atoms with Crippen molar-refractivity contribution in [3.63, 3.8) is 0 Å². The number of fused-ring (bicyclic) bond motifs is 7. The highest BCUT2D eigenvalue weighted by atomic mass is 79.9. The monoisotopic (exact) mass is 617 g/mol. The minimum absolute atomic E-state index is 0.0290. The standard InChI is InChI=1S/C34H40BrN3O3/c1-41-32(40)24-10-8-22(9-11-24)21-37-18-14-23(15-19-37)25-12-13-26-29(20-25)38-28-7-5-6-27(35)30(28)31(39)36-33(38)34(26)16-3-2-4-17-34/h5-7,12-13,20,22-24H,2-4,8-11,14-19,21H2,1H3. The van der Waals surface area contributed by atoms with Gasteiger partial charge in [-0.25, -0.2) is 0 Å². The first-order chi connectivity index (χ1) is 20.0. The van der Waals surface area contributed by atoms with Gasteiger partial charge in [0.25, 0.3) is 5.56 Å². The number of rotatable bonds is 4. The Balaban J connectivity index is 1.13. The van der Waals surface area contributed by atoms with E-state index in [9.17, 15) is 9.59 Å². The quantitative estimate of drug-likeness (QED) is 0.299. The van der Waals surface area contributed by atoms with E-state index < -0.39 is 0 Å². The second-order valence-electron chi connectivity index (χ2n) is 12.9. The van der Waals surface area contributed by atoms with Gasteiger partial charge in [0.1, 0.15) is 5.82 Å². The van der Waals surface area contributed by atoms with Crippen LogP contribution in [0.2, 0.25) is 0 Å². The van der Waals surface area contributed by atoms with Crippen molar-refractivity contribution in [2.24, 2.45) is 11.8 Å². The summed E-state index contributed by atoms with van der Waals surface area (Å²) in [5.41, 5.74) is 4.70. The summed E-state index contributed by atoms with van der Waals surface area (Å²) in [4.78, 5) is 32.7. The number of esters is 1. The molecule has 2 aromatic carbocycles. The van der Waals surface area contributed by atoms with E-state index in [0.29, 0.717) is 17.2 Å². The molecule has 0 N–H and O–H groups in total. The number of methoxy groups -OCH3 is 1. The summed E-state index contributed by atoms with van der Waals surface area (Å²) in [5.74, 6) is 2.27. The van der Waals surface area contributed by atoms with E-state index >= 15 is 0 Å². The van der Waals surface area contributed by atoms with Crippen LogP contribution in [-0.4, -0.2) is 47.2 Å². The van der Waals surface area contributed by atoms with Gasteiger partial charge in [0.15, 0.2) is 0 Å². The molecule has 7 rings (SSSR count). The number of likely N-dealkylation sites (tertiary alicyclic amines) is 1. The van der Waals surface area contributed by atoms with Crippen LogP contribution in [0.3, 0.4) is 0 Å². The third kappa shape index (κ3) is 4.68. The van der Waals surface area contributed by atoms with Crippen LogP contribution in [0.5, 0.6) is 0 Å². The van der Waals surface area contributed by atoms with E-state index in [-0.39, 0.29) is 22.9 Å². The summed E-state index contributed by atoms with van der Waals surface area (Å²) in [6.07, 6.45) is 12.3. The second-order valence-corrected chi connectivity index (χ2v) is 13.8. The molecule has 6 nitrogen and oxygen atoms in total. The first-order valence-corrected chi connectivity index (χ1v) is 16.4. The first kappa shape index (κ1) is 27.3. The summed E-state index contributed by atoms with van der Waals surface area (Å²) in [5, 5.41) is 0.675. The fraction of sp³-hybridized carbons (Fsp3) is 0.559. The van der Waals surface area contributed by atoms with Crippen LogP contribution in [0.1, 0.15) is 93.5 Å². The molecule has 0 bridgehead atoms. The molecular formula is C34H40BrN3O3. The van der Waals surface area contributed by atoms with E-state index in [4.69, 9.17) is 9.72 Å². The van der Waals surface area contributed by atoms with Gasteiger partial charge in [-0.15, -0.1) is 0 Å². The Morgan fingerprint density at radius 2 is 1.78 bits per heavy atom. The van der Waals surface area contributed by atoms with Gasteiger partial charge in [0.05, 0.1) is 35.0 Å². The van der Waals surface area contributed by atoms with Crippen molar-refractivity contribution in [3.05, 3.63) is 68.2 Å². The van der Waals surface area contributed by atoms with E-state index in [1.54, 1.807) is 0 Å². The van der Waals surface area contributed by atoms with Crippen molar-refractivity contribution >= 4 is 32.8 Å². The van der Waals surface area contributed by atoms with Crippen molar-refractivity contribution in [3.8, 4) is 5.69 Å². The van der Waals surface area contributed by atoms with Gasteiger partial charge < -0.3 is 9.64 Å². The number of carbonyl (C=O) groups is 1. The molecule has 1 saturated heterocycles. The number of hydrogen-bond acceptors (Lipinski definition) is 5. The first-order valence-electron chi connectivity index (χ1n) is 15.7. The molecule has 1 aromatic heterocycles. The van der Waals surface area contributed by atoms with E-state index in [2.05, 4.69) is 49.7 Å². The number of benzene rings is 2. The maximum atomic E-state index is 13.3. The molecule has 41 heavy (non-hydrogen) atoms. The fourth-order valence-corrected chi connectivity index (χ4v) is 9.04. The molecule has 3 heterocycles. The Hall–Kier alpha value is -2.51. The van der Waals surface area contributed by atoms with Gasteiger partial charge in [-0.2, -0.15) is 4.98 Å². The highest BCUT2D eigenvalue weighted by Gasteiger charge is 2.46. The lowest BCUT2D eigenvalue weighted by molar-refractivity contribution is -0.146. The molecule has 2 aliphatic heterocycles. The van der Waals surface area contributed by atoms with Crippen LogP contribution >= 0.6 is 15.9 Å². The molecule has 2 aliphatic carbocycles. The number of nitrogens with zero attached hydrogens (tertiary/aromatic N) is 3. The molecule has 7 heteroatoms. The van der Waals surface area contributed by atoms with E-state index in [1.165, 1.54) is 56.0 Å². The summed E-state index contributed by atoms with van der Waals surface area (Å²) >= 11 is 3.64. The topological polar surface area (TPSA) is 64.4 Å². The van der Waals surface area contributed by atoms with Crippen LogP contribution < -0.4 is 5.56 Å². The van der Waals surface area contributed by atoms with E-state index in [1.807, 2.05) is 12.1 Å². The Morgan fingerprint density at radius 3 is 2.51 bits per heavy atom. The predicted molar refractivity (Wildman–Crippen MR) is 165 cm³/mol. The summed E-state index contributed by atoms with van der Waals surface area (Å²) in [6, 6.07) is 13.3. The molecule has 216 valence electrons. The van der Waals surface area contributed by atoms with Crippen molar-refractivity contribution in [2.45, 2.75) is 82.0 Å². The lowest BCUT2D eigenvalue weighted by Gasteiger charge is -2.36. The average Bonchev–Trinajstić information content (AvgIpc) is 3.26. The maximum Gasteiger partial charge on any atom is 0.308 e. The molecule has 1 spiro atoms. The van der Waals surface area contributed by atoms with Gasteiger partial charge in [-0.3, -0.25) is 14.2 Å². The van der Waals surface area contributed by atoms with Crippen LogP contribution in [0.25, 0.3) is 16.6 Å². The molecule has 0 unspecified atom stereocenters. The maximum absolute atomic E-state index is 13.3. The summed E-state index contributed by atoms with van der Waals surface area (Å²) < 4.78 is 8.11. The third-order valence-corrected chi connectivity index (χ3v) is 11.4. The minimum Gasteiger partial charge on any atom is -0.469 e. The normalized spacial score (nSPS) is 24.3. The zero-order chi connectivity index (χ0) is 28.1. The number of halogens is 1. The Bertz CT molecular complexity index is 1530. The highest BCUT2D eigenvalue weighted by molar-refractivity contribution is 9.10. The molecule has 3 aromatic rings.